The molecule has 2 N–H and O–H groups in total. The molecule has 3 unspecified atom stereocenters. The molecule has 0 aromatic carbocycles. The molecule has 0 aliphatic heterocycles. The molecule has 1 aliphatic carbocycles. The smallest absolute Gasteiger partial charge is 0.0701 e. The zero-order chi connectivity index (χ0) is 13.1. The van der Waals surface area contributed by atoms with Crippen molar-refractivity contribution in [3.05, 3.63) is 20.8 Å². The highest BCUT2D eigenvalue weighted by Gasteiger charge is 2.31. The predicted octanol–water partition coefficient (Wildman–Crippen LogP) is 4.70. The molecule has 2 rings (SSSR count). The van der Waals surface area contributed by atoms with Gasteiger partial charge in [-0.1, -0.05) is 13.8 Å². The van der Waals surface area contributed by atoms with Crippen molar-refractivity contribution in [3.8, 4) is 0 Å². The Bertz CT molecular complexity index is 374. The van der Waals surface area contributed by atoms with Gasteiger partial charge < -0.3 is 5.73 Å². The molecule has 0 bridgehead atoms. The van der Waals surface area contributed by atoms with Gasteiger partial charge in [0.25, 0.3) is 0 Å². The minimum Gasteiger partial charge on any atom is -0.330 e. The van der Waals surface area contributed by atoms with Crippen molar-refractivity contribution in [2.24, 2.45) is 29.4 Å². The number of hydrogen-bond donors (Lipinski definition) is 1. The van der Waals surface area contributed by atoms with E-state index >= 15 is 0 Å². The Morgan fingerprint density at radius 2 is 2.11 bits per heavy atom. The highest BCUT2D eigenvalue weighted by Crippen LogP contribution is 2.39. The molecule has 0 spiro atoms. The fourth-order valence-electron chi connectivity index (χ4n) is 3.25. The van der Waals surface area contributed by atoms with E-state index in [1.807, 2.05) is 11.3 Å². The van der Waals surface area contributed by atoms with Crippen LogP contribution in [0.3, 0.4) is 0 Å². The molecule has 3 heteroatoms. The minimum atomic E-state index is 0.737. The minimum absolute atomic E-state index is 0.737. The van der Waals surface area contributed by atoms with E-state index in [0.29, 0.717) is 0 Å². The van der Waals surface area contributed by atoms with Crippen LogP contribution in [0.2, 0.25) is 0 Å². The molecule has 0 amide bonds. The van der Waals surface area contributed by atoms with E-state index in [1.54, 1.807) is 0 Å². The molecule has 1 nitrogen and oxygen atoms in total. The second kappa shape index (κ2) is 6.53. The maximum absolute atomic E-state index is 5.97. The van der Waals surface area contributed by atoms with Gasteiger partial charge in [0, 0.05) is 4.88 Å². The van der Waals surface area contributed by atoms with E-state index in [9.17, 15) is 0 Å². The van der Waals surface area contributed by atoms with E-state index in [4.69, 9.17) is 5.73 Å². The maximum Gasteiger partial charge on any atom is 0.0701 e. The number of rotatable bonds is 4. The molecule has 1 heterocycles. The monoisotopic (exact) mass is 329 g/mol. The number of halogens is 1. The highest BCUT2D eigenvalue weighted by molar-refractivity contribution is 9.11. The number of thiophene rings is 1. The zero-order valence-corrected chi connectivity index (χ0v) is 13.8. The van der Waals surface area contributed by atoms with E-state index in [1.165, 1.54) is 34.3 Å². The molecular weight excluding hydrogens is 306 g/mol. The van der Waals surface area contributed by atoms with E-state index < -0.39 is 0 Å². The van der Waals surface area contributed by atoms with Crippen molar-refractivity contribution in [1.82, 2.24) is 0 Å². The molecule has 102 valence electrons. The third kappa shape index (κ3) is 3.58. The first-order valence-corrected chi connectivity index (χ1v) is 8.65. The van der Waals surface area contributed by atoms with Gasteiger partial charge in [0.15, 0.2) is 0 Å². The fraction of sp³-hybridized carbons (Fsp3) is 0.733. The van der Waals surface area contributed by atoms with Crippen LogP contribution in [-0.2, 0) is 6.42 Å². The lowest BCUT2D eigenvalue weighted by atomic mass is 9.69. The number of hydrogen-bond acceptors (Lipinski definition) is 2. The van der Waals surface area contributed by atoms with Crippen molar-refractivity contribution >= 4 is 27.3 Å². The largest absolute Gasteiger partial charge is 0.330 e. The third-order valence-corrected chi connectivity index (χ3v) is 6.16. The lowest BCUT2D eigenvalue weighted by molar-refractivity contribution is 0.152. The predicted molar refractivity (Wildman–Crippen MR) is 83.9 cm³/mol. The first-order chi connectivity index (χ1) is 8.60. The Labute approximate surface area is 123 Å². The zero-order valence-electron chi connectivity index (χ0n) is 11.4. The Morgan fingerprint density at radius 3 is 2.67 bits per heavy atom. The van der Waals surface area contributed by atoms with Crippen LogP contribution in [0.25, 0.3) is 0 Å². The molecule has 1 aromatic heterocycles. The molecule has 1 saturated carbocycles. The first kappa shape index (κ1) is 14.5. The molecule has 0 saturated heterocycles. The maximum atomic E-state index is 5.97. The molecule has 1 aliphatic rings. The molecular formula is C15H24BrNS. The summed E-state index contributed by atoms with van der Waals surface area (Å²) in [5, 5.41) is 0. The quantitative estimate of drug-likeness (QED) is 0.851. The van der Waals surface area contributed by atoms with Gasteiger partial charge in [0.2, 0.25) is 0 Å². The summed E-state index contributed by atoms with van der Waals surface area (Å²) in [7, 11) is 0. The fourth-order valence-corrected chi connectivity index (χ4v) is 4.82. The van der Waals surface area contributed by atoms with E-state index in [2.05, 4.69) is 41.9 Å². The summed E-state index contributed by atoms with van der Waals surface area (Å²) in [5.41, 5.74) is 5.97. The van der Waals surface area contributed by atoms with Crippen molar-refractivity contribution < 1.29 is 0 Å². The third-order valence-electron chi connectivity index (χ3n) is 4.52. The van der Waals surface area contributed by atoms with Gasteiger partial charge in [0.1, 0.15) is 0 Å². The van der Waals surface area contributed by atoms with E-state index in [0.717, 1.165) is 30.2 Å². The van der Waals surface area contributed by atoms with Gasteiger partial charge in [-0.3, -0.25) is 0 Å². The summed E-state index contributed by atoms with van der Waals surface area (Å²) in [6.45, 7) is 5.60. The molecule has 1 aromatic rings. The normalized spacial score (nSPS) is 28.8. The topological polar surface area (TPSA) is 26.0 Å². The summed E-state index contributed by atoms with van der Waals surface area (Å²) < 4.78 is 1.25. The van der Waals surface area contributed by atoms with Crippen LogP contribution in [0.15, 0.2) is 15.9 Å². The van der Waals surface area contributed by atoms with Crippen molar-refractivity contribution in [2.75, 3.05) is 6.54 Å². The Hall–Kier alpha value is 0.140. The summed E-state index contributed by atoms with van der Waals surface area (Å²) in [6.07, 6.45) is 5.30. The van der Waals surface area contributed by atoms with Crippen LogP contribution in [0.5, 0.6) is 0 Å². The van der Waals surface area contributed by atoms with E-state index in [-0.39, 0.29) is 0 Å². The van der Waals surface area contributed by atoms with Crippen molar-refractivity contribution in [3.63, 3.8) is 0 Å². The summed E-state index contributed by atoms with van der Waals surface area (Å²) >= 11 is 5.44. The van der Waals surface area contributed by atoms with Gasteiger partial charge in [-0.2, -0.15) is 0 Å². The van der Waals surface area contributed by atoms with Gasteiger partial charge >= 0.3 is 0 Å². The highest BCUT2D eigenvalue weighted by atomic mass is 79.9. The standard InChI is InChI=1S/C15H24BrNS/c1-10(2)11-3-4-12(9-17)13(7-11)8-14-5-6-15(16)18-14/h5-6,10-13H,3-4,7-9,17H2,1-2H3. The first-order valence-electron chi connectivity index (χ1n) is 7.04. The second-order valence-electron chi connectivity index (χ2n) is 5.98. The lowest BCUT2D eigenvalue weighted by Gasteiger charge is -2.37. The average molecular weight is 330 g/mol. The molecule has 0 radical (unpaired) electrons. The second-order valence-corrected chi connectivity index (χ2v) is 8.53. The van der Waals surface area contributed by atoms with Crippen molar-refractivity contribution in [1.29, 1.82) is 0 Å². The van der Waals surface area contributed by atoms with Gasteiger partial charge in [0.05, 0.1) is 3.79 Å². The summed E-state index contributed by atoms with van der Waals surface area (Å²) in [6, 6.07) is 4.43. The van der Waals surface area contributed by atoms with Crippen LogP contribution in [0.1, 0.15) is 38.0 Å². The Kier molecular flexibility index (Phi) is 5.28. The lowest BCUT2D eigenvalue weighted by Crippen LogP contribution is -2.33. The summed E-state index contributed by atoms with van der Waals surface area (Å²) in [5.74, 6) is 3.25. The van der Waals surface area contributed by atoms with Crippen LogP contribution >= 0.6 is 27.3 Å². The summed E-state index contributed by atoms with van der Waals surface area (Å²) in [4.78, 5) is 1.51. The molecule has 1 fully saturated rings. The Balaban J connectivity index is 2.02. The van der Waals surface area contributed by atoms with Crippen LogP contribution < -0.4 is 5.73 Å². The van der Waals surface area contributed by atoms with Crippen molar-refractivity contribution in [2.45, 2.75) is 39.5 Å². The SMILES string of the molecule is CC(C)C1CCC(CN)C(Cc2ccc(Br)s2)C1. The molecule has 3 atom stereocenters. The van der Waals surface area contributed by atoms with Crippen LogP contribution in [0, 0.1) is 23.7 Å². The van der Waals surface area contributed by atoms with Crippen LogP contribution in [0.4, 0.5) is 0 Å². The van der Waals surface area contributed by atoms with Gasteiger partial charge in [-0.05, 0) is 84.0 Å². The number of nitrogens with two attached hydrogens (primary N) is 1. The average Bonchev–Trinajstić information content (AvgIpc) is 2.74. The Morgan fingerprint density at radius 1 is 1.33 bits per heavy atom. The van der Waals surface area contributed by atoms with Gasteiger partial charge in [-0.15, -0.1) is 11.3 Å². The van der Waals surface area contributed by atoms with Crippen LogP contribution in [-0.4, -0.2) is 6.54 Å². The molecule has 18 heavy (non-hydrogen) atoms. The van der Waals surface area contributed by atoms with Gasteiger partial charge in [-0.25, -0.2) is 0 Å².